The molecule has 1 heterocycles. The Morgan fingerprint density at radius 1 is 1.85 bits per heavy atom. The summed E-state index contributed by atoms with van der Waals surface area (Å²) in [6.07, 6.45) is 2.12. The van der Waals surface area contributed by atoms with Crippen molar-refractivity contribution in [3.05, 3.63) is 29.2 Å². The van der Waals surface area contributed by atoms with Gasteiger partial charge in [0.1, 0.15) is 12.4 Å². The van der Waals surface area contributed by atoms with E-state index in [2.05, 4.69) is 10.2 Å². The lowest BCUT2D eigenvalue weighted by molar-refractivity contribution is 0.282. The quantitative estimate of drug-likeness (QED) is 0.382. The van der Waals surface area contributed by atoms with Crippen LogP contribution in [0.3, 0.4) is 0 Å². The molecule has 0 unspecified atom stereocenters. The van der Waals surface area contributed by atoms with Crippen LogP contribution in [0.25, 0.3) is 4.85 Å². The zero-order chi connectivity index (χ0) is 9.68. The van der Waals surface area contributed by atoms with Crippen LogP contribution < -0.4 is 5.34 Å². The van der Waals surface area contributed by atoms with Gasteiger partial charge in [0.25, 0.3) is 5.82 Å². The van der Waals surface area contributed by atoms with Gasteiger partial charge in [-0.3, -0.25) is 0 Å². The molecule has 1 rings (SSSR count). The molecule has 0 spiro atoms. The van der Waals surface area contributed by atoms with Crippen molar-refractivity contribution in [2.45, 2.75) is 6.61 Å². The first-order chi connectivity index (χ1) is 6.31. The number of aromatic nitrogens is 1. The Labute approximate surface area is 76.0 Å². The molecule has 65 valence electrons. The van der Waals surface area contributed by atoms with Crippen LogP contribution in [0.15, 0.2) is 12.3 Å². The number of hydrogen-bond donors (Lipinski definition) is 2. The Morgan fingerprint density at radius 2 is 2.62 bits per heavy atom. The number of aliphatic hydroxyl groups excluding tert-OH is 1. The summed E-state index contributed by atoms with van der Waals surface area (Å²) in [7, 11) is 1.16. The molecule has 1 radical (unpaired) electrons. The van der Waals surface area contributed by atoms with E-state index >= 15 is 0 Å². The van der Waals surface area contributed by atoms with Crippen LogP contribution in [0.1, 0.15) is 5.56 Å². The van der Waals surface area contributed by atoms with E-state index in [1.54, 1.807) is 12.3 Å². The molecule has 13 heavy (non-hydrogen) atoms. The predicted molar refractivity (Wildman–Crippen MR) is 48.5 cm³/mol. The third kappa shape index (κ3) is 2.10. The molecule has 5 nitrogen and oxygen atoms in total. The molecule has 1 aromatic rings. The van der Waals surface area contributed by atoms with E-state index in [1.165, 1.54) is 4.68 Å². The molecule has 0 amide bonds. The van der Waals surface area contributed by atoms with Gasteiger partial charge in [-0.2, -0.15) is 0 Å². The fraction of sp³-hybridized carbons (Fsp3) is 0.143. The highest BCUT2D eigenvalue weighted by Crippen LogP contribution is 2.15. The molecule has 0 aliphatic heterocycles. The van der Waals surface area contributed by atoms with Crippen LogP contribution in [0, 0.1) is 6.57 Å². The summed E-state index contributed by atoms with van der Waals surface area (Å²) in [5, 5.41) is 11.3. The number of hydrogen-bond acceptors (Lipinski definition) is 3. The number of carbonyl (C=O) groups is 1. The zero-order valence-corrected chi connectivity index (χ0v) is 6.77. The Bertz CT molecular complexity index is 342. The monoisotopic (exact) mass is 176 g/mol. The van der Waals surface area contributed by atoms with Gasteiger partial charge in [0, 0.05) is 5.56 Å². The molecular formula is C7H7BN3O2. The lowest BCUT2D eigenvalue weighted by Crippen LogP contribution is -2.18. The van der Waals surface area contributed by atoms with Crippen molar-refractivity contribution in [1.29, 1.82) is 0 Å². The van der Waals surface area contributed by atoms with Crippen molar-refractivity contribution in [3.8, 4) is 0 Å². The summed E-state index contributed by atoms with van der Waals surface area (Å²) in [6.45, 7) is 6.66. The van der Waals surface area contributed by atoms with E-state index in [4.69, 9.17) is 11.7 Å². The molecule has 0 saturated heterocycles. The molecule has 0 atom stereocenters. The second-order valence-corrected chi connectivity index (χ2v) is 2.28. The third-order valence-corrected chi connectivity index (χ3v) is 1.44. The summed E-state index contributed by atoms with van der Waals surface area (Å²) >= 11 is 0. The maximum Gasteiger partial charge on any atom is 0.370 e. The highest BCUT2D eigenvalue weighted by atomic mass is 16.3. The number of rotatable bonds is 4. The van der Waals surface area contributed by atoms with Gasteiger partial charge in [0.15, 0.2) is 0 Å². The second-order valence-electron chi connectivity index (χ2n) is 2.28. The highest BCUT2D eigenvalue weighted by Gasteiger charge is 2.05. The van der Waals surface area contributed by atoms with Gasteiger partial charge in [-0.1, -0.05) is 6.57 Å². The maximum absolute atomic E-state index is 10.00. The maximum atomic E-state index is 10.00. The van der Waals surface area contributed by atoms with E-state index in [0.717, 1.165) is 7.41 Å². The van der Waals surface area contributed by atoms with Crippen LogP contribution in [0.5, 0.6) is 0 Å². The van der Waals surface area contributed by atoms with E-state index < -0.39 is 0 Å². The van der Waals surface area contributed by atoms with Crippen LogP contribution >= 0.6 is 0 Å². The average Bonchev–Trinajstić information content (AvgIpc) is 2.57. The molecule has 0 aromatic carbocycles. The van der Waals surface area contributed by atoms with Crippen LogP contribution in [0.2, 0.25) is 0 Å². The van der Waals surface area contributed by atoms with Crippen LogP contribution in [0.4, 0.5) is 5.82 Å². The van der Waals surface area contributed by atoms with Crippen molar-refractivity contribution in [2.75, 3.05) is 5.34 Å². The van der Waals surface area contributed by atoms with Crippen LogP contribution in [-0.2, 0) is 11.4 Å². The van der Waals surface area contributed by atoms with Gasteiger partial charge in [-0.05, 0) is 6.07 Å². The fourth-order valence-corrected chi connectivity index (χ4v) is 0.891. The van der Waals surface area contributed by atoms with Crippen molar-refractivity contribution in [2.24, 2.45) is 0 Å². The van der Waals surface area contributed by atoms with Gasteiger partial charge in [0.2, 0.25) is 0 Å². The summed E-state index contributed by atoms with van der Waals surface area (Å²) in [6, 6.07) is 1.54. The van der Waals surface area contributed by atoms with Gasteiger partial charge >= 0.3 is 7.41 Å². The smallest absolute Gasteiger partial charge is 0.370 e. The molecule has 0 aliphatic rings. The van der Waals surface area contributed by atoms with Gasteiger partial charge < -0.3 is 20.1 Å². The first kappa shape index (κ1) is 9.35. The number of aliphatic hydroxyl groups is 1. The average molecular weight is 176 g/mol. The second kappa shape index (κ2) is 4.33. The number of nitrogens with one attached hydrogen (secondary N) is 1. The molecule has 0 aliphatic carbocycles. The third-order valence-electron chi connectivity index (χ3n) is 1.44. The van der Waals surface area contributed by atoms with Crippen LogP contribution in [-0.4, -0.2) is 23.4 Å². The minimum absolute atomic E-state index is 0.127. The summed E-state index contributed by atoms with van der Waals surface area (Å²) in [5.41, 5.74) is 0.623. The zero-order valence-electron chi connectivity index (χ0n) is 6.77. The van der Waals surface area contributed by atoms with E-state index in [-0.39, 0.29) is 6.61 Å². The van der Waals surface area contributed by atoms with Crippen molar-refractivity contribution >= 4 is 19.4 Å². The predicted octanol–water partition coefficient (Wildman–Crippen LogP) is -0.116. The molecule has 0 saturated carbocycles. The minimum Gasteiger partial charge on any atom is -0.392 e. The largest absolute Gasteiger partial charge is 0.392 e. The number of carbonyl (C=O) groups excluding carboxylic acids is 1. The lowest BCUT2D eigenvalue weighted by Gasteiger charge is -1.99. The van der Waals surface area contributed by atoms with Crippen molar-refractivity contribution in [3.63, 3.8) is 0 Å². The molecule has 2 N–H and O–H groups in total. The molecule has 1 aromatic heterocycles. The standard InChI is InChI=1S/C7H7BN3O2/c1-9-7-2-6(4-12)3-11(7)10-8-5-13/h2-3,5,10,12H,4H2. The normalized spacial score (nSPS) is 8.92. The van der Waals surface area contributed by atoms with E-state index in [0.29, 0.717) is 17.6 Å². The molecule has 0 bridgehead atoms. The number of nitrogens with zero attached hydrogens (tertiary/aromatic N) is 2. The van der Waals surface area contributed by atoms with Gasteiger partial charge in [-0.15, -0.1) is 0 Å². The SMILES string of the molecule is [C-]#[N+]c1cc(CO)cn1N[B]C=O. The molecule has 0 fully saturated rings. The Kier molecular flexibility index (Phi) is 3.12. The van der Waals surface area contributed by atoms with Crippen molar-refractivity contribution in [1.82, 2.24) is 4.68 Å². The summed E-state index contributed by atoms with van der Waals surface area (Å²) in [4.78, 5) is 13.2. The molecule has 6 heteroatoms. The summed E-state index contributed by atoms with van der Waals surface area (Å²) in [5.74, 6) is 0.321. The van der Waals surface area contributed by atoms with Gasteiger partial charge in [-0.25, -0.2) is 4.68 Å². The minimum atomic E-state index is -0.127. The van der Waals surface area contributed by atoms with E-state index in [9.17, 15) is 4.79 Å². The topological polar surface area (TPSA) is 58.6 Å². The first-order valence-corrected chi connectivity index (χ1v) is 3.55. The van der Waals surface area contributed by atoms with Gasteiger partial charge in [0.05, 0.1) is 6.61 Å². The first-order valence-electron chi connectivity index (χ1n) is 3.55. The molecular weight excluding hydrogens is 169 g/mol. The Balaban J connectivity index is 2.85. The van der Waals surface area contributed by atoms with Crippen molar-refractivity contribution < 1.29 is 9.90 Å². The summed E-state index contributed by atoms with van der Waals surface area (Å²) < 4.78 is 1.37. The highest BCUT2D eigenvalue weighted by molar-refractivity contribution is 6.68. The lowest BCUT2D eigenvalue weighted by atomic mass is 10.0. The fourth-order valence-electron chi connectivity index (χ4n) is 0.891. The van der Waals surface area contributed by atoms with E-state index in [1.807, 2.05) is 0 Å². The Hall–Kier alpha value is -1.74. The Morgan fingerprint density at radius 3 is 3.15 bits per heavy atom.